The van der Waals surface area contributed by atoms with Crippen molar-refractivity contribution < 1.29 is 14.3 Å². The van der Waals surface area contributed by atoms with E-state index >= 15 is 0 Å². The molecule has 3 aliphatic heterocycles. The number of aromatic nitrogens is 5. The molecule has 0 bridgehead atoms. The van der Waals surface area contributed by atoms with Crippen molar-refractivity contribution in [2.45, 2.75) is 25.9 Å². The molecular weight excluding hydrogens is 468 g/mol. The molecule has 5 heterocycles. The number of fused-ring (bicyclic) bond motifs is 2. The molecular formula is C28H28N6O3. The van der Waals surface area contributed by atoms with Crippen molar-refractivity contribution in [3.05, 3.63) is 78.2 Å². The molecule has 37 heavy (non-hydrogen) atoms. The zero-order valence-electron chi connectivity index (χ0n) is 20.9. The fourth-order valence-electron chi connectivity index (χ4n) is 4.95. The Balaban J connectivity index is 1.47. The average molecular weight is 497 g/mol. The Labute approximate surface area is 214 Å². The van der Waals surface area contributed by atoms with E-state index in [9.17, 15) is 4.79 Å². The van der Waals surface area contributed by atoms with E-state index in [2.05, 4.69) is 39.0 Å². The van der Waals surface area contributed by atoms with E-state index < -0.39 is 5.97 Å². The summed E-state index contributed by atoms with van der Waals surface area (Å²) < 4.78 is 14.8. The minimum atomic E-state index is -0.441. The number of benzene rings is 1. The minimum absolute atomic E-state index is 0.264. The lowest BCUT2D eigenvalue weighted by Gasteiger charge is -2.21. The summed E-state index contributed by atoms with van der Waals surface area (Å²) in [6.07, 6.45) is 6.41. The number of esters is 1. The predicted molar refractivity (Wildman–Crippen MR) is 140 cm³/mol. The first kappa shape index (κ1) is 23.2. The Morgan fingerprint density at radius 1 is 1.16 bits per heavy atom. The van der Waals surface area contributed by atoms with Crippen LogP contribution in [-0.4, -0.2) is 57.0 Å². The van der Waals surface area contributed by atoms with Gasteiger partial charge in [-0.1, -0.05) is 30.3 Å². The number of pyridine rings is 1. The first-order valence-electron chi connectivity index (χ1n) is 12.5. The quantitative estimate of drug-likeness (QED) is 0.307. The lowest BCUT2D eigenvalue weighted by Crippen LogP contribution is -2.20. The fraction of sp³-hybridized carbons (Fsp3) is 0.286. The number of hydrogen-bond acceptors (Lipinski definition) is 7. The fourth-order valence-corrected chi connectivity index (χ4v) is 4.95. The first-order chi connectivity index (χ1) is 18.1. The van der Waals surface area contributed by atoms with Gasteiger partial charge in [-0.15, -0.1) is 0 Å². The third kappa shape index (κ3) is 4.21. The highest BCUT2D eigenvalue weighted by Gasteiger charge is 2.26. The van der Waals surface area contributed by atoms with Gasteiger partial charge in [0.2, 0.25) is 0 Å². The van der Waals surface area contributed by atoms with Gasteiger partial charge < -0.3 is 18.9 Å². The van der Waals surface area contributed by atoms with Gasteiger partial charge in [-0.2, -0.15) is 9.61 Å². The Morgan fingerprint density at radius 2 is 2.03 bits per heavy atom. The summed E-state index contributed by atoms with van der Waals surface area (Å²) in [4.78, 5) is 24.5. The Kier molecular flexibility index (Phi) is 6.05. The number of anilines is 1. The molecule has 188 valence electrons. The summed E-state index contributed by atoms with van der Waals surface area (Å²) in [5.74, 6) is 1.26. The Bertz CT molecular complexity index is 1520. The number of carbonyl (C=O) groups excluding carboxylic acids is 1. The topological polar surface area (TPSA) is 86.8 Å². The molecule has 6 rings (SSSR count). The number of rotatable bonds is 7. The van der Waals surface area contributed by atoms with E-state index in [1.807, 2.05) is 43.6 Å². The van der Waals surface area contributed by atoms with Crippen LogP contribution in [0.2, 0.25) is 0 Å². The van der Waals surface area contributed by atoms with Gasteiger partial charge in [0, 0.05) is 49.8 Å². The van der Waals surface area contributed by atoms with Gasteiger partial charge in [-0.25, -0.2) is 14.8 Å². The molecule has 1 fully saturated rings. The highest BCUT2D eigenvalue weighted by Crippen LogP contribution is 2.37. The average Bonchev–Trinajstić information content (AvgIpc) is 3.68. The highest BCUT2D eigenvalue weighted by molar-refractivity contribution is 5.96. The summed E-state index contributed by atoms with van der Waals surface area (Å²) in [5, 5.41) is 4.51. The van der Waals surface area contributed by atoms with Gasteiger partial charge >= 0.3 is 5.97 Å². The maximum atomic E-state index is 12.7. The lowest BCUT2D eigenvalue weighted by atomic mass is 10.1. The molecule has 1 atom stereocenters. The maximum Gasteiger partial charge on any atom is 0.343 e. The molecule has 2 aromatic heterocycles. The van der Waals surface area contributed by atoms with E-state index in [-0.39, 0.29) is 12.6 Å². The van der Waals surface area contributed by atoms with Crippen LogP contribution in [0.3, 0.4) is 0 Å². The van der Waals surface area contributed by atoms with Gasteiger partial charge in [0.05, 0.1) is 31.1 Å². The molecule has 1 aromatic carbocycles. The second-order valence-electron chi connectivity index (χ2n) is 9.20. The lowest BCUT2D eigenvalue weighted by molar-refractivity contribution is 0.0528. The van der Waals surface area contributed by atoms with Crippen LogP contribution in [0.1, 0.15) is 35.3 Å². The van der Waals surface area contributed by atoms with Crippen LogP contribution in [0.15, 0.2) is 67.1 Å². The Hall–Kier alpha value is -4.24. The summed E-state index contributed by atoms with van der Waals surface area (Å²) in [7, 11) is 2.01. The molecule has 9 heteroatoms. The number of ether oxygens (including phenoxy) is 2. The second kappa shape index (κ2) is 9.67. The van der Waals surface area contributed by atoms with Crippen LogP contribution < -0.4 is 4.90 Å². The summed E-state index contributed by atoms with van der Waals surface area (Å²) >= 11 is 0. The van der Waals surface area contributed by atoms with Gasteiger partial charge in [0.1, 0.15) is 17.2 Å². The van der Waals surface area contributed by atoms with Crippen molar-refractivity contribution in [1.29, 1.82) is 0 Å². The molecule has 0 spiro atoms. The van der Waals surface area contributed by atoms with Gasteiger partial charge in [-0.05, 0) is 31.0 Å². The second-order valence-corrected chi connectivity index (χ2v) is 9.20. The molecule has 3 aromatic rings. The molecule has 0 N–H and O–H groups in total. The van der Waals surface area contributed by atoms with E-state index in [4.69, 9.17) is 19.4 Å². The van der Waals surface area contributed by atoms with Gasteiger partial charge in [-0.3, -0.25) is 0 Å². The van der Waals surface area contributed by atoms with Crippen LogP contribution in [0.4, 0.5) is 5.82 Å². The van der Waals surface area contributed by atoms with Crippen LogP contribution in [0.25, 0.3) is 28.3 Å². The normalized spacial score (nSPS) is 15.5. The predicted octanol–water partition coefficient (Wildman–Crippen LogP) is 4.47. The number of nitrogens with zero attached hydrogens (tertiary/aromatic N) is 6. The SMILES string of the molecule is CCOC(=O)c1cnn2c(N(C)Cc3ccccc3)cc(-c3cnc4n(C5CCOC5)cccc3-4)nc12. The molecule has 0 saturated carbocycles. The molecule has 0 aliphatic carbocycles. The van der Waals surface area contributed by atoms with E-state index in [1.165, 1.54) is 6.20 Å². The monoisotopic (exact) mass is 496 g/mol. The molecule has 1 saturated heterocycles. The third-order valence-electron chi connectivity index (χ3n) is 6.78. The smallest absolute Gasteiger partial charge is 0.343 e. The van der Waals surface area contributed by atoms with Gasteiger partial charge in [0.15, 0.2) is 5.65 Å². The van der Waals surface area contributed by atoms with Crippen LogP contribution in [0, 0.1) is 0 Å². The summed E-state index contributed by atoms with van der Waals surface area (Å²) in [6.45, 7) is 4.17. The van der Waals surface area contributed by atoms with Crippen molar-refractivity contribution in [2.24, 2.45) is 0 Å². The molecule has 0 radical (unpaired) electrons. The largest absolute Gasteiger partial charge is 0.462 e. The zero-order valence-corrected chi connectivity index (χ0v) is 20.9. The van der Waals surface area contributed by atoms with E-state index in [1.54, 1.807) is 11.4 Å². The van der Waals surface area contributed by atoms with Crippen molar-refractivity contribution in [3.8, 4) is 22.6 Å². The summed E-state index contributed by atoms with van der Waals surface area (Å²) in [6, 6.07) is 16.6. The third-order valence-corrected chi connectivity index (χ3v) is 6.78. The summed E-state index contributed by atoms with van der Waals surface area (Å²) in [5.41, 5.74) is 4.57. The van der Waals surface area contributed by atoms with Crippen molar-refractivity contribution in [3.63, 3.8) is 0 Å². The standard InChI is InChI=1S/C28H28N6O3/c1-3-37-28(35)23-16-30-34-25(32(2)17-19-8-5-4-6-9-19)14-24(31-27(23)34)22-15-29-26-21(22)10-7-12-33(26)20-11-13-36-18-20/h4-10,12,14-16,20H,3,11,13,17-18H2,1-2H3. The van der Waals surface area contributed by atoms with E-state index in [0.29, 0.717) is 24.4 Å². The first-order valence-corrected chi connectivity index (χ1v) is 12.5. The van der Waals surface area contributed by atoms with Gasteiger partial charge in [0.25, 0.3) is 0 Å². The maximum absolute atomic E-state index is 12.7. The molecule has 3 aliphatic rings. The van der Waals surface area contributed by atoms with E-state index in [0.717, 1.165) is 47.1 Å². The Morgan fingerprint density at radius 3 is 2.81 bits per heavy atom. The van der Waals surface area contributed by atoms with Crippen molar-refractivity contribution >= 4 is 17.4 Å². The van der Waals surface area contributed by atoms with Crippen LogP contribution >= 0.6 is 0 Å². The highest BCUT2D eigenvalue weighted by atomic mass is 16.5. The van der Waals surface area contributed by atoms with Crippen LogP contribution in [-0.2, 0) is 16.0 Å². The molecule has 9 nitrogen and oxygen atoms in total. The zero-order chi connectivity index (χ0) is 25.4. The van der Waals surface area contributed by atoms with Crippen molar-refractivity contribution in [2.75, 3.05) is 31.8 Å². The van der Waals surface area contributed by atoms with Crippen LogP contribution in [0.5, 0.6) is 0 Å². The molecule has 0 amide bonds. The molecule has 1 unspecified atom stereocenters. The minimum Gasteiger partial charge on any atom is -0.462 e. The number of carbonyl (C=O) groups is 1. The van der Waals surface area contributed by atoms with Crippen molar-refractivity contribution in [1.82, 2.24) is 24.1 Å². The number of hydrogen-bond donors (Lipinski definition) is 0.